The second-order valence-electron chi connectivity index (χ2n) is 7.63. The first-order chi connectivity index (χ1) is 14.4. The molecule has 0 aliphatic carbocycles. The number of carbonyl (C=O) groups excluding carboxylic acids is 1. The lowest BCUT2D eigenvalue weighted by atomic mass is 10.1. The van der Waals surface area contributed by atoms with Gasteiger partial charge < -0.3 is 9.32 Å². The number of furan rings is 1. The molecule has 158 valence electrons. The zero-order chi connectivity index (χ0) is 21.3. The maximum Gasteiger partial charge on any atom is 0.243 e. The summed E-state index contributed by atoms with van der Waals surface area (Å²) in [4.78, 5) is 15.1. The molecule has 30 heavy (non-hydrogen) atoms. The number of carbonyl (C=O) groups is 1. The fraction of sp³-hybridized carbons (Fsp3) is 0.348. The standard InChI is InChI=1S/C23H26N2O4S/c1-3-21-19(18-12-7-8-14-22(18)29-21)16-24(2)23(26)20-13-9-15-25(20)30(27,28)17-10-5-4-6-11-17/h4-8,10-12,14,20H,3,9,13,15-16H2,1-2H3. The van der Waals surface area contributed by atoms with E-state index in [4.69, 9.17) is 4.42 Å². The first-order valence-corrected chi connectivity index (χ1v) is 11.7. The molecule has 2 aromatic carbocycles. The van der Waals surface area contributed by atoms with Gasteiger partial charge in [0.25, 0.3) is 0 Å². The molecule has 0 saturated carbocycles. The Morgan fingerprint density at radius 1 is 1.13 bits per heavy atom. The zero-order valence-corrected chi connectivity index (χ0v) is 18.1. The first kappa shape index (κ1) is 20.6. The fourth-order valence-electron chi connectivity index (χ4n) is 4.18. The Morgan fingerprint density at radius 3 is 2.57 bits per heavy atom. The first-order valence-electron chi connectivity index (χ1n) is 10.2. The van der Waals surface area contributed by atoms with Crippen LogP contribution in [0.15, 0.2) is 63.9 Å². The van der Waals surface area contributed by atoms with Gasteiger partial charge in [0.2, 0.25) is 15.9 Å². The molecule has 2 heterocycles. The van der Waals surface area contributed by atoms with E-state index in [1.165, 1.54) is 4.31 Å². The van der Waals surface area contributed by atoms with Gasteiger partial charge in [-0.05, 0) is 31.0 Å². The second-order valence-corrected chi connectivity index (χ2v) is 9.53. The van der Waals surface area contributed by atoms with Gasteiger partial charge in [0.05, 0.1) is 4.90 Å². The highest BCUT2D eigenvalue weighted by Gasteiger charge is 2.40. The molecule has 7 heteroatoms. The van der Waals surface area contributed by atoms with E-state index < -0.39 is 16.1 Å². The summed E-state index contributed by atoms with van der Waals surface area (Å²) in [7, 11) is -1.98. The molecule has 3 aromatic rings. The fourth-order valence-corrected chi connectivity index (χ4v) is 5.85. The molecule has 0 bridgehead atoms. The minimum Gasteiger partial charge on any atom is -0.461 e. The molecule has 4 rings (SSSR count). The number of nitrogens with zero attached hydrogens (tertiary/aromatic N) is 2. The van der Waals surface area contributed by atoms with Crippen molar-refractivity contribution < 1.29 is 17.6 Å². The quantitative estimate of drug-likeness (QED) is 0.601. The Labute approximate surface area is 177 Å². The van der Waals surface area contributed by atoms with Gasteiger partial charge in [-0.2, -0.15) is 4.31 Å². The number of fused-ring (bicyclic) bond motifs is 1. The normalized spacial score (nSPS) is 17.5. The lowest BCUT2D eigenvalue weighted by Crippen LogP contribution is -2.46. The van der Waals surface area contributed by atoms with Crippen molar-refractivity contribution in [1.29, 1.82) is 0 Å². The van der Waals surface area contributed by atoms with Crippen LogP contribution < -0.4 is 0 Å². The summed E-state index contributed by atoms with van der Waals surface area (Å²) in [5.74, 6) is 0.676. The molecule has 1 aliphatic heterocycles. The number of rotatable bonds is 6. The number of hydrogen-bond acceptors (Lipinski definition) is 4. The SMILES string of the molecule is CCc1oc2ccccc2c1CN(C)C(=O)C1CCCN1S(=O)(=O)c1ccccc1. The largest absolute Gasteiger partial charge is 0.461 e. The number of aryl methyl sites for hydroxylation is 1. The smallest absolute Gasteiger partial charge is 0.243 e. The molecule has 0 N–H and O–H groups in total. The summed E-state index contributed by atoms with van der Waals surface area (Å²) < 4.78 is 33.5. The van der Waals surface area contributed by atoms with Crippen LogP contribution in [0, 0.1) is 0 Å². The third-order valence-electron chi connectivity index (χ3n) is 5.71. The van der Waals surface area contributed by atoms with Crippen LogP contribution in [-0.4, -0.2) is 43.2 Å². The minimum atomic E-state index is -3.71. The zero-order valence-electron chi connectivity index (χ0n) is 17.2. The van der Waals surface area contributed by atoms with Crippen molar-refractivity contribution >= 4 is 26.9 Å². The third-order valence-corrected chi connectivity index (χ3v) is 7.64. The van der Waals surface area contributed by atoms with Crippen LogP contribution in [0.5, 0.6) is 0 Å². The Bertz CT molecular complexity index is 1150. The Morgan fingerprint density at radius 2 is 1.83 bits per heavy atom. The molecule has 1 atom stereocenters. The highest BCUT2D eigenvalue weighted by atomic mass is 32.2. The summed E-state index contributed by atoms with van der Waals surface area (Å²) in [6.07, 6.45) is 1.93. The molecule has 1 unspecified atom stereocenters. The predicted octanol–water partition coefficient (Wildman–Crippen LogP) is 3.81. The third kappa shape index (κ3) is 3.63. The van der Waals surface area contributed by atoms with Crippen molar-refractivity contribution in [2.24, 2.45) is 0 Å². The molecular formula is C23H26N2O4S. The number of sulfonamides is 1. The van der Waals surface area contributed by atoms with Crippen molar-refractivity contribution in [2.75, 3.05) is 13.6 Å². The van der Waals surface area contributed by atoms with Crippen molar-refractivity contribution in [3.8, 4) is 0 Å². The van der Waals surface area contributed by atoms with Gasteiger partial charge >= 0.3 is 0 Å². The van der Waals surface area contributed by atoms with Gasteiger partial charge in [-0.25, -0.2) is 8.42 Å². The van der Waals surface area contributed by atoms with Gasteiger partial charge in [-0.3, -0.25) is 4.79 Å². The van der Waals surface area contributed by atoms with Crippen molar-refractivity contribution in [2.45, 2.75) is 43.7 Å². The molecule has 1 aromatic heterocycles. The monoisotopic (exact) mass is 426 g/mol. The van der Waals surface area contributed by atoms with Crippen LogP contribution in [0.3, 0.4) is 0 Å². The van der Waals surface area contributed by atoms with Crippen LogP contribution >= 0.6 is 0 Å². The summed E-state index contributed by atoms with van der Waals surface area (Å²) in [5.41, 5.74) is 1.79. The molecule has 1 aliphatic rings. The van der Waals surface area contributed by atoms with Gasteiger partial charge in [-0.1, -0.05) is 43.3 Å². The lowest BCUT2D eigenvalue weighted by Gasteiger charge is -2.27. The highest BCUT2D eigenvalue weighted by molar-refractivity contribution is 7.89. The number of likely N-dealkylation sites (N-methyl/N-ethyl adjacent to an activating group) is 1. The molecular weight excluding hydrogens is 400 g/mol. The molecule has 6 nitrogen and oxygen atoms in total. The molecule has 1 fully saturated rings. The minimum absolute atomic E-state index is 0.181. The highest BCUT2D eigenvalue weighted by Crippen LogP contribution is 2.30. The lowest BCUT2D eigenvalue weighted by molar-refractivity contribution is -0.133. The summed E-state index contributed by atoms with van der Waals surface area (Å²) >= 11 is 0. The van der Waals surface area contributed by atoms with Gasteiger partial charge in [0, 0.05) is 37.5 Å². The number of amides is 1. The molecule has 1 saturated heterocycles. The van der Waals surface area contributed by atoms with Crippen LogP contribution in [0.25, 0.3) is 11.0 Å². The van der Waals surface area contributed by atoms with Crippen molar-refractivity contribution in [3.63, 3.8) is 0 Å². The molecule has 1 amide bonds. The van der Waals surface area contributed by atoms with E-state index in [0.29, 0.717) is 25.9 Å². The van der Waals surface area contributed by atoms with E-state index in [0.717, 1.165) is 28.7 Å². The number of benzene rings is 2. The summed E-state index contributed by atoms with van der Waals surface area (Å²) in [6, 6.07) is 15.4. The maximum absolute atomic E-state index is 13.3. The van der Waals surface area contributed by atoms with Crippen LogP contribution in [0.4, 0.5) is 0 Å². The van der Waals surface area contributed by atoms with Crippen molar-refractivity contribution in [1.82, 2.24) is 9.21 Å². The Kier molecular flexibility index (Phi) is 5.66. The Balaban J connectivity index is 1.58. The number of hydrogen-bond donors (Lipinski definition) is 0. The topological polar surface area (TPSA) is 70.8 Å². The van der Waals surface area contributed by atoms with Gasteiger partial charge in [0.1, 0.15) is 17.4 Å². The van der Waals surface area contributed by atoms with Gasteiger partial charge in [-0.15, -0.1) is 0 Å². The van der Waals surface area contributed by atoms with E-state index in [1.54, 1.807) is 42.3 Å². The van der Waals surface area contributed by atoms with Crippen molar-refractivity contribution in [3.05, 3.63) is 65.9 Å². The molecule has 0 spiro atoms. The van der Waals surface area contributed by atoms with E-state index in [2.05, 4.69) is 0 Å². The van der Waals surface area contributed by atoms with Crippen LogP contribution in [0.2, 0.25) is 0 Å². The van der Waals surface area contributed by atoms with Gasteiger partial charge in [0.15, 0.2) is 0 Å². The van der Waals surface area contributed by atoms with Crippen LogP contribution in [-0.2, 0) is 27.8 Å². The summed E-state index contributed by atoms with van der Waals surface area (Å²) in [6.45, 7) is 2.76. The predicted molar refractivity (Wildman–Crippen MR) is 115 cm³/mol. The average Bonchev–Trinajstić information content (AvgIpc) is 3.39. The average molecular weight is 427 g/mol. The van der Waals surface area contributed by atoms with E-state index >= 15 is 0 Å². The molecule has 0 radical (unpaired) electrons. The van der Waals surface area contributed by atoms with E-state index in [-0.39, 0.29) is 10.8 Å². The Hall–Kier alpha value is -2.64. The van der Waals surface area contributed by atoms with E-state index in [9.17, 15) is 13.2 Å². The second kappa shape index (κ2) is 8.24. The number of para-hydroxylation sites is 1. The van der Waals surface area contributed by atoms with E-state index in [1.807, 2.05) is 31.2 Å². The maximum atomic E-state index is 13.3. The van der Waals surface area contributed by atoms with Crippen LogP contribution in [0.1, 0.15) is 31.1 Å². The summed E-state index contributed by atoms with van der Waals surface area (Å²) in [5, 5.41) is 0.995.